The normalized spacial score (nSPS) is 13.1. The lowest BCUT2D eigenvalue weighted by molar-refractivity contribution is -0.136. The number of carbonyl (C=O) groups is 1. The molecule has 6 heteroatoms. The summed E-state index contributed by atoms with van der Waals surface area (Å²) in [6, 6.07) is 3.75. The molecule has 1 heterocycles. The fraction of sp³-hybridized carbons (Fsp3) is 0.444. The maximum absolute atomic E-state index is 10.5. The molecule has 1 aromatic rings. The van der Waals surface area contributed by atoms with E-state index in [1.807, 2.05) is 24.1 Å². The van der Waals surface area contributed by atoms with Gasteiger partial charge in [0, 0.05) is 18.0 Å². The maximum Gasteiger partial charge on any atom is 0.322 e. The first-order valence-electron chi connectivity index (χ1n) is 4.28. The molecule has 0 saturated heterocycles. The van der Waals surface area contributed by atoms with Gasteiger partial charge in [-0.2, -0.15) is 0 Å². The summed E-state index contributed by atoms with van der Waals surface area (Å²) < 4.78 is 0.735. The molecule has 84 valence electrons. The molecule has 0 radical (unpaired) electrons. The summed E-state index contributed by atoms with van der Waals surface area (Å²) in [5.41, 5.74) is 0. The molecule has 1 aromatic heterocycles. The first-order chi connectivity index (χ1) is 6.99. The Bertz CT molecular complexity index is 343. The maximum atomic E-state index is 10.5. The summed E-state index contributed by atoms with van der Waals surface area (Å²) in [4.78, 5) is 13.5. The van der Waals surface area contributed by atoms with Crippen molar-refractivity contribution in [2.24, 2.45) is 0 Å². The van der Waals surface area contributed by atoms with Crippen molar-refractivity contribution in [1.29, 1.82) is 0 Å². The molecule has 0 aromatic carbocycles. The Morgan fingerprint density at radius 2 is 2.33 bits per heavy atom. The third kappa shape index (κ3) is 4.38. The molecule has 0 aliphatic heterocycles. The van der Waals surface area contributed by atoms with Crippen LogP contribution >= 0.6 is 34.5 Å². The van der Waals surface area contributed by atoms with Gasteiger partial charge >= 0.3 is 5.97 Å². The molecule has 0 spiro atoms. The van der Waals surface area contributed by atoms with Gasteiger partial charge < -0.3 is 5.11 Å². The number of alkyl halides is 1. The van der Waals surface area contributed by atoms with Crippen LogP contribution in [-0.4, -0.2) is 34.9 Å². The second-order valence-electron chi connectivity index (χ2n) is 3.21. The molecule has 1 N–H and O–H groups in total. The van der Waals surface area contributed by atoms with Crippen molar-refractivity contribution >= 4 is 40.5 Å². The van der Waals surface area contributed by atoms with Gasteiger partial charge in [0.05, 0.1) is 4.34 Å². The summed E-state index contributed by atoms with van der Waals surface area (Å²) in [6.07, 6.45) is 0. The van der Waals surface area contributed by atoms with Gasteiger partial charge in [-0.05, 0) is 19.2 Å². The largest absolute Gasteiger partial charge is 0.480 e. The van der Waals surface area contributed by atoms with E-state index in [1.54, 1.807) is 0 Å². The fourth-order valence-corrected chi connectivity index (χ4v) is 2.52. The van der Waals surface area contributed by atoms with Gasteiger partial charge in [0.1, 0.15) is 5.38 Å². The Kier molecular flexibility index (Phi) is 4.86. The molecule has 0 saturated carbocycles. The monoisotopic (exact) mass is 267 g/mol. The summed E-state index contributed by atoms with van der Waals surface area (Å²) >= 11 is 12.9. The molecular weight excluding hydrogens is 257 g/mol. The standard InChI is InChI=1S/C9H11Cl2NO2S/c1-12(5-7(10)9(13)14)4-6-2-3-8(11)15-6/h2-3,7H,4-5H2,1H3,(H,13,14). The van der Waals surface area contributed by atoms with E-state index in [4.69, 9.17) is 28.3 Å². The van der Waals surface area contributed by atoms with E-state index < -0.39 is 11.3 Å². The van der Waals surface area contributed by atoms with Crippen LogP contribution in [0.25, 0.3) is 0 Å². The molecule has 0 amide bonds. The van der Waals surface area contributed by atoms with Crippen LogP contribution in [0.15, 0.2) is 12.1 Å². The quantitative estimate of drug-likeness (QED) is 0.834. The van der Waals surface area contributed by atoms with E-state index in [2.05, 4.69) is 0 Å². The Morgan fingerprint density at radius 1 is 1.67 bits per heavy atom. The SMILES string of the molecule is CN(Cc1ccc(Cl)s1)CC(Cl)C(=O)O. The topological polar surface area (TPSA) is 40.5 Å². The number of rotatable bonds is 5. The van der Waals surface area contributed by atoms with Gasteiger partial charge in [0.15, 0.2) is 0 Å². The van der Waals surface area contributed by atoms with Crippen molar-refractivity contribution in [1.82, 2.24) is 4.90 Å². The number of nitrogens with zero attached hydrogens (tertiary/aromatic N) is 1. The highest BCUT2D eigenvalue weighted by Gasteiger charge is 2.16. The van der Waals surface area contributed by atoms with E-state index >= 15 is 0 Å². The number of hydrogen-bond acceptors (Lipinski definition) is 3. The van der Waals surface area contributed by atoms with Crippen LogP contribution in [0.3, 0.4) is 0 Å². The minimum atomic E-state index is -0.993. The number of carboxylic acids is 1. The van der Waals surface area contributed by atoms with Crippen molar-refractivity contribution in [3.8, 4) is 0 Å². The highest BCUT2D eigenvalue weighted by Crippen LogP contribution is 2.22. The van der Waals surface area contributed by atoms with E-state index in [1.165, 1.54) is 11.3 Å². The Balaban J connectivity index is 2.42. The molecule has 0 bridgehead atoms. The number of aliphatic carboxylic acids is 1. The van der Waals surface area contributed by atoms with Crippen molar-refractivity contribution < 1.29 is 9.90 Å². The third-order valence-electron chi connectivity index (χ3n) is 1.79. The van der Waals surface area contributed by atoms with Crippen LogP contribution in [0, 0.1) is 0 Å². The van der Waals surface area contributed by atoms with E-state index in [-0.39, 0.29) is 0 Å². The summed E-state index contributed by atoms with van der Waals surface area (Å²) in [6.45, 7) is 0.973. The zero-order valence-electron chi connectivity index (χ0n) is 8.11. The lowest BCUT2D eigenvalue weighted by Gasteiger charge is -2.16. The molecule has 0 aliphatic carbocycles. The second kappa shape index (κ2) is 5.70. The van der Waals surface area contributed by atoms with Crippen LogP contribution in [0.1, 0.15) is 4.88 Å². The molecule has 15 heavy (non-hydrogen) atoms. The van der Waals surface area contributed by atoms with Crippen LogP contribution in [0.2, 0.25) is 4.34 Å². The zero-order valence-corrected chi connectivity index (χ0v) is 10.4. The highest BCUT2D eigenvalue weighted by molar-refractivity contribution is 7.16. The van der Waals surface area contributed by atoms with Gasteiger partial charge in [0.2, 0.25) is 0 Å². The van der Waals surface area contributed by atoms with Gasteiger partial charge in [-0.15, -0.1) is 22.9 Å². The Hall–Kier alpha value is -0.290. The highest BCUT2D eigenvalue weighted by atomic mass is 35.5. The van der Waals surface area contributed by atoms with Gasteiger partial charge in [-0.3, -0.25) is 9.69 Å². The van der Waals surface area contributed by atoms with Crippen LogP contribution in [0.4, 0.5) is 0 Å². The van der Waals surface area contributed by atoms with Crippen LogP contribution in [-0.2, 0) is 11.3 Å². The summed E-state index contributed by atoms with van der Waals surface area (Å²) in [7, 11) is 1.83. The van der Waals surface area contributed by atoms with E-state index in [0.717, 1.165) is 9.21 Å². The van der Waals surface area contributed by atoms with Crippen molar-refractivity contribution in [3.63, 3.8) is 0 Å². The Morgan fingerprint density at radius 3 is 2.80 bits per heavy atom. The van der Waals surface area contributed by atoms with E-state index in [9.17, 15) is 4.79 Å². The molecule has 1 unspecified atom stereocenters. The summed E-state index contributed by atoms with van der Waals surface area (Å²) in [5, 5.41) is 7.75. The van der Waals surface area contributed by atoms with Crippen molar-refractivity contribution in [2.45, 2.75) is 11.9 Å². The minimum absolute atomic E-state index is 0.312. The first-order valence-corrected chi connectivity index (χ1v) is 5.91. The molecule has 3 nitrogen and oxygen atoms in total. The number of thiophene rings is 1. The lowest BCUT2D eigenvalue weighted by Crippen LogP contribution is -2.30. The fourth-order valence-electron chi connectivity index (χ4n) is 1.12. The predicted octanol–water partition coefficient (Wildman–Crippen LogP) is 2.53. The molecular formula is C9H11Cl2NO2S. The molecule has 1 atom stereocenters. The van der Waals surface area contributed by atoms with Crippen LogP contribution in [0.5, 0.6) is 0 Å². The first kappa shape index (κ1) is 12.8. The van der Waals surface area contributed by atoms with Crippen LogP contribution < -0.4 is 0 Å². The van der Waals surface area contributed by atoms with Gasteiger partial charge in [-0.1, -0.05) is 11.6 Å². The van der Waals surface area contributed by atoms with Crippen molar-refractivity contribution in [2.75, 3.05) is 13.6 Å². The van der Waals surface area contributed by atoms with E-state index in [0.29, 0.717) is 13.1 Å². The molecule has 0 fully saturated rings. The average Bonchev–Trinajstić information content (AvgIpc) is 2.50. The number of carboxylic acid groups (broad SMARTS) is 1. The Labute approximate surface area is 102 Å². The number of hydrogen-bond donors (Lipinski definition) is 1. The average molecular weight is 268 g/mol. The predicted molar refractivity (Wildman–Crippen MR) is 62.9 cm³/mol. The number of halogens is 2. The second-order valence-corrected chi connectivity index (χ2v) is 5.53. The van der Waals surface area contributed by atoms with Gasteiger partial charge in [-0.25, -0.2) is 0 Å². The molecule has 0 aliphatic rings. The minimum Gasteiger partial charge on any atom is -0.480 e. The van der Waals surface area contributed by atoms with Crippen molar-refractivity contribution in [3.05, 3.63) is 21.3 Å². The van der Waals surface area contributed by atoms with Gasteiger partial charge in [0.25, 0.3) is 0 Å². The molecule has 1 rings (SSSR count). The summed E-state index contributed by atoms with van der Waals surface area (Å²) in [5.74, 6) is -0.993. The third-order valence-corrected chi connectivity index (χ3v) is 3.34. The lowest BCUT2D eigenvalue weighted by atomic mass is 10.3. The zero-order chi connectivity index (χ0) is 11.4. The smallest absolute Gasteiger partial charge is 0.322 e.